The van der Waals surface area contributed by atoms with Crippen LogP contribution in [0.15, 0.2) is 32.8 Å². The van der Waals surface area contributed by atoms with Gasteiger partial charge >= 0.3 is 5.69 Å². The summed E-state index contributed by atoms with van der Waals surface area (Å²) in [6, 6.07) is 2.87. The molecule has 1 saturated carbocycles. The van der Waals surface area contributed by atoms with E-state index in [-0.39, 0.29) is 28.4 Å². The Hall–Kier alpha value is -3.08. The van der Waals surface area contributed by atoms with Crippen molar-refractivity contribution in [3.05, 3.63) is 56.5 Å². The topological polar surface area (TPSA) is 98.9 Å². The van der Waals surface area contributed by atoms with Crippen molar-refractivity contribution in [2.45, 2.75) is 43.0 Å². The third-order valence-corrected chi connectivity index (χ3v) is 6.77. The molecule has 0 spiro atoms. The molecule has 0 atom stereocenters. The number of aromatic nitrogens is 4. The molecule has 33 heavy (non-hydrogen) atoms. The summed E-state index contributed by atoms with van der Waals surface area (Å²) in [5, 5.41) is 2.85. The molecule has 1 aromatic carbocycles. The molecular weight excluding hydrogens is 452 g/mol. The smallest absolute Gasteiger partial charge is 0.323 e. The van der Waals surface area contributed by atoms with E-state index in [0.717, 1.165) is 60.6 Å². The van der Waals surface area contributed by atoms with Crippen LogP contribution in [-0.2, 0) is 18.9 Å². The molecule has 11 heteroatoms. The van der Waals surface area contributed by atoms with E-state index in [1.807, 2.05) is 0 Å². The Morgan fingerprint density at radius 3 is 2.55 bits per heavy atom. The number of amides is 1. The Morgan fingerprint density at radius 1 is 1.12 bits per heavy atom. The molecule has 0 radical (unpaired) electrons. The first-order valence-electron chi connectivity index (χ1n) is 10.6. The van der Waals surface area contributed by atoms with Gasteiger partial charge in [-0.3, -0.25) is 18.7 Å². The highest BCUT2D eigenvalue weighted by Crippen LogP contribution is 2.33. The Bertz CT molecular complexity index is 1350. The number of thioether (sulfide) groups is 1. The lowest BCUT2D eigenvalue weighted by Crippen LogP contribution is -2.38. The molecular formula is C22H23F2N5O3S. The number of benzene rings is 1. The van der Waals surface area contributed by atoms with E-state index in [1.165, 1.54) is 11.6 Å². The van der Waals surface area contributed by atoms with Crippen LogP contribution in [0.3, 0.4) is 0 Å². The summed E-state index contributed by atoms with van der Waals surface area (Å²) >= 11 is 1.01. The maximum absolute atomic E-state index is 13.9. The average molecular weight is 476 g/mol. The first kappa shape index (κ1) is 23.1. The normalized spacial score (nSPS) is 14.5. The number of anilines is 1. The highest BCUT2D eigenvalue weighted by molar-refractivity contribution is 8.00. The molecule has 1 N–H and O–H groups in total. The van der Waals surface area contributed by atoms with Crippen LogP contribution in [0.25, 0.3) is 11.0 Å². The van der Waals surface area contributed by atoms with Gasteiger partial charge in [0.2, 0.25) is 5.91 Å². The molecule has 2 heterocycles. The lowest BCUT2D eigenvalue weighted by molar-refractivity contribution is -0.113. The SMILES string of the molecule is Cn1c(=O)c2c(SCC(=O)Nc3ccc(F)cc3F)nc(C3CCCCC3)nc2n(C)c1=O. The second-order valence-corrected chi connectivity index (χ2v) is 9.05. The van der Waals surface area contributed by atoms with Crippen molar-refractivity contribution < 1.29 is 13.6 Å². The van der Waals surface area contributed by atoms with E-state index in [1.54, 1.807) is 7.05 Å². The van der Waals surface area contributed by atoms with Gasteiger partial charge in [-0.15, -0.1) is 0 Å². The van der Waals surface area contributed by atoms with Crippen LogP contribution in [0, 0.1) is 11.6 Å². The monoisotopic (exact) mass is 475 g/mol. The standard InChI is InChI=1S/C22H23F2N5O3S/c1-28-19-17(21(31)29(2)22(28)32)20(27-18(26-19)12-6-4-3-5-7-12)33-11-16(30)25-15-9-8-13(23)10-14(15)24/h8-10,12H,3-7,11H2,1-2H3,(H,25,30). The summed E-state index contributed by atoms with van der Waals surface area (Å²) in [5.74, 6) is -1.67. The Balaban J connectivity index is 1.69. The zero-order valence-corrected chi connectivity index (χ0v) is 19.0. The number of carbonyl (C=O) groups is 1. The summed E-state index contributed by atoms with van der Waals surface area (Å²) in [6.07, 6.45) is 5.08. The fourth-order valence-corrected chi connectivity index (χ4v) is 4.82. The van der Waals surface area contributed by atoms with Crippen LogP contribution in [0.5, 0.6) is 0 Å². The average Bonchev–Trinajstić information content (AvgIpc) is 2.81. The lowest BCUT2D eigenvalue weighted by Gasteiger charge is -2.21. The van der Waals surface area contributed by atoms with Crippen molar-refractivity contribution in [1.29, 1.82) is 0 Å². The highest BCUT2D eigenvalue weighted by atomic mass is 32.2. The molecule has 2 aromatic heterocycles. The summed E-state index contributed by atoms with van der Waals surface area (Å²) < 4.78 is 29.2. The molecule has 0 aliphatic heterocycles. The molecule has 1 aliphatic carbocycles. The molecule has 8 nitrogen and oxygen atoms in total. The molecule has 0 saturated heterocycles. The number of halogens is 2. The predicted molar refractivity (Wildman–Crippen MR) is 122 cm³/mol. The van der Waals surface area contributed by atoms with Crippen molar-refractivity contribution in [1.82, 2.24) is 19.1 Å². The van der Waals surface area contributed by atoms with Crippen LogP contribution in [0.4, 0.5) is 14.5 Å². The first-order chi connectivity index (χ1) is 15.8. The number of hydrogen-bond acceptors (Lipinski definition) is 6. The van der Waals surface area contributed by atoms with Crippen LogP contribution in [0.1, 0.15) is 43.8 Å². The van der Waals surface area contributed by atoms with Crippen molar-refractivity contribution in [2.24, 2.45) is 14.1 Å². The first-order valence-corrected chi connectivity index (χ1v) is 11.6. The van der Waals surface area contributed by atoms with Crippen LogP contribution < -0.4 is 16.6 Å². The number of nitrogens with zero attached hydrogens (tertiary/aromatic N) is 4. The van der Waals surface area contributed by atoms with E-state index >= 15 is 0 Å². The number of aryl methyl sites for hydroxylation is 1. The maximum atomic E-state index is 13.9. The van der Waals surface area contributed by atoms with E-state index in [0.29, 0.717) is 16.9 Å². The molecule has 0 unspecified atom stereocenters. The zero-order valence-electron chi connectivity index (χ0n) is 18.2. The molecule has 0 bridgehead atoms. The number of carbonyl (C=O) groups excluding carboxylic acids is 1. The van der Waals surface area contributed by atoms with E-state index in [2.05, 4.69) is 15.3 Å². The largest absolute Gasteiger partial charge is 0.332 e. The van der Waals surface area contributed by atoms with Crippen LogP contribution in [-0.4, -0.2) is 30.8 Å². The third kappa shape index (κ3) is 4.68. The van der Waals surface area contributed by atoms with Crippen LogP contribution in [0.2, 0.25) is 0 Å². The summed E-state index contributed by atoms with van der Waals surface area (Å²) in [7, 11) is 2.91. The van der Waals surface area contributed by atoms with Gasteiger partial charge in [0.25, 0.3) is 5.56 Å². The predicted octanol–water partition coefficient (Wildman–Crippen LogP) is 3.08. The van der Waals surface area contributed by atoms with Crippen LogP contribution >= 0.6 is 11.8 Å². The number of hydrogen-bond donors (Lipinski definition) is 1. The van der Waals surface area contributed by atoms with E-state index < -0.39 is 28.8 Å². The Kier molecular flexibility index (Phi) is 6.59. The Labute approximate surface area is 192 Å². The molecule has 3 aromatic rings. The third-order valence-electron chi connectivity index (χ3n) is 5.80. The van der Waals surface area contributed by atoms with Crippen molar-refractivity contribution in [2.75, 3.05) is 11.1 Å². The van der Waals surface area contributed by atoms with Gasteiger partial charge in [0, 0.05) is 26.1 Å². The quantitative estimate of drug-likeness (QED) is 0.450. The number of rotatable bonds is 5. The fourth-order valence-electron chi connectivity index (χ4n) is 4.00. The second kappa shape index (κ2) is 9.42. The summed E-state index contributed by atoms with van der Waals surface area (Å²) in [6.45, 7) is 0. The minimum Gasteiger partial charge on any atom is -0.323 e. The van der Waals surface area contributed by atoms with Crippen molar-refractivity contribution >= 4 is 34.4 Å². The zero-order chi connectivity index (χ0) is 23.7. The van der Waals surface area contributed by atoms with E-state index in [9.17, 15) is 23.2 Å². The van der Waals surface area contributed by atoms with Gasteiger partial charge in [-0.25, -0.2) is 23.5 Å². The minimum absolute atomic E-state index is 0.115. The van der Waals surface area contributed by atoms with Gasteiger partial charge in [0.1, 0.15) is 27.9 Å². The van der Waals surface area contributed by atoms with Gasteiger partial charge in [0.15, 0.2) is 5.65 Å². The summed E-state index contributed by atoms with van der Waals surface area (Å²) in [5.41, 5.74) is -0.959. The van der Waals surface area contributed by atoms with Gasteiger partial charge < -0.3 is 5.32 Å². The molecule has 1 aliphatic rings. The molecule has 1 fully saturated rings. The maximum Gasteiger partial charge on any atom is 0.332 e. The highest BCUT2D eigenvalue weighted by Gasteiger charge is 2.23. The van der Waals surface area contributed by atoms with Gasteiger partial charge in [-0.2, -0.15) is 0 Å². The van der Waals surface area contributed by atoms with Gasteiger partial charge in [0.05, 0.1) is 11.4 Å². The van der Waals surface area contributed by atoms with Crippen molar-refractivity contribution in [3.63, 3.8) is 0 Å². The summed E-state index contributed by atoms with van der Waals surface area (Å²) in [4.78, 5) is 47.0. The second-order valence-electron chi connectivity index (χ2n) is 8.09. The number of nitrogens with one attached hydrogen (secondary N) is 1. The van der Waals surface area contributed by atoms with Gasteiger partial charge in [-0.1, -0.05) is 31.0 Å². The molecule has 174 valence electrons. The lowest BCUT2D eigenvalue weighted by atomic mass is 9.89. The van der Waals surface area contributed by atoms with E-state index in [4.69, 9.17) is 0 Å². The molecule has 1 amide bonds. The number of fused-ring (bicyclic) bond motifs is 1. The Morgan fingerprint density at radius 2 is 1.85 bits per heavy atom. The molecule has 4 rings (SSSR count). The van der Waals surface area contributed by atoms with Crippen molar-refractivity contribution in [3.8, 4) is 0 Å². The minimum atomic E-state index is -0.885. The van der Waals surface area contributed by atoms with Gasteiger partial charge in [-0.05, 0) is 25.0 Å². The fraction of sp³-hybridized carbons (Fsp3) is 0.409.